The van der Waals surface area contributed by atoms with Crippen molar-refractivity contribution >= 4 is 17.3 Å². The first kappa shape index (κ1) is 18.9. The fraction of sp³-hybridized carbons (Fsp3) is 0.524. The van der Waals surface area contributed by atoms with Crippen molar-refractivity contribution in [2.24, 2.45) is 10.9 Å². The lowest BCUT2D eigenvalue weighted by Gasteiger charge is -2.39. The number of nitrogens with one attached hydrogen (secondary N) is 1. The van der Waals surface area contributed by atoms with E-state index in [4.69, 9.17) is 4.99 Å². The van der Waals surface area contributed by atoms with Crippen LogP contribution in [0.1, 0.15) is 42.5 Å². The highest BCUT2D eigenvalue weighted by atomic mass is 32.1. The molecule has 0 bridgehead atoms. The number of hydrogen-bond acceptors (Lipinski definition) is 3. The van der Waals surface area contributed by atoms with Gasteiger partial charge in [0.15, 0.2) is 5.96 Å². The van der Waals surface area contributed by atoms with Gasteiger partial charge >= 0.3 is 0 Å². The summed E-state index contributed by atoms with van der Waals surface area (Å²) in [5, 5.41) is 6.75. The predicted molar refractivity (Wildman–Crippen MR) is 111 cm³/mol. The zero-order chi connectivity index (χ0) is 18.4. The minimum atomic E-state index is 0.621. The molecule has 0 saturated carbocycles. The smallest absolute Gasteiger partial charge is 0.193 e. The Morgan fingerprint density at radius 1 is 1.35 bits per heavy atom. The van der Waals surface area contributed by atoms with Crippen LogP contribution in [0.3, 0.4) is 0 Å². The summed E-state index contributed by atoms with van der Waals surface area (Å²) in [5.74, 6) is 2.32. The summed E-state index contributed by atoms with van der Waals surface area (Å²) >= 11 is 1.71. The number of guanidine groups is 1. The number of aliphatic imine (C=N–C) groups is 1. The Kier molecular flexibility index (Phi) is 6.67. The second-order valence-electron chi connectivity index (χ2n) is 7.07. The molecule has 0 amide bonds. The largest absolute Gasteiger partial charge is 0.357 e. The number of aromatic nitrogens is 1. The molecular weight excluding hydrogens is 340 g/mol. The molecule has 3 rings (SSSR count). The van der Waals surface area contributed by atoms with Crippen LogP contribution in [0.4, 0.5) is 0 Å². The standard InChI is InChI=1S/C21H30N4S/c1-4-22-21(23-12-10-19-15-26-17(3)24-19)25-13-11-20(16(2)14-25)18-8-6-5-7-9-18/h5-9,15-16,20H,4,10-14H2,1-3H3,(H,22,23). The van der Waals surface area contributed by atoms with Gasteiger partial charge in [-0.1, -0.05) is 37.3 Å². The number of aryl methyl sites for hydroxylation is 1. The molecule has 0 radical (unpaired) electrons. The van der Waals surface area contributed by atoms with Crippen LogP contribution in [0.2, 0.25) is 0 Å². The highest BCUT2D eigenvalue weighted by molar-refractivity contribution is 7.09. The summed E-state index contributed by atoms with van der Waals surface area (Å²) in [6.07, 6.45) is 2.09. The lowest BCUT2D eigenvalue weighted by molar-refractivity contribution is 0.234. The Balaban J connectivity index is 1.60. The Hall–Kier alpha value is -1.88. The van der Waals surface area contributed by atoms with E-state index >= 15 is 0 Å². The van der Waals surface area contributed by atoms with Crippen LogP contribution >= 0.6 is 11.3 Å². The van der Waals surface area contributed by atoms with E-state index in [1.165, 1.54) is 12.0 Å². The molecule has 1 aliphatic rings. The maximum atomic E-state index is 4.87. The van der Waals surface area contributed by atoms with Crippen molar-refractivity contribution in [3.8, 4) is 0 Å². The zero-order valence-corrected chi connectivity index (χ0v) is 16.9. The van der Waals surface area contributed by atoms with Crippen molar-refractivity contribution in [1.29, 1.82) is 0 Å². The molecule has 1 N–H and O–H groups in total. The number of benzene rings is 1. The molecule has 2 heterocycles. The first-order chi connectivity index (χ1) is 12.7. The molecule has 2 unspecified atom stereocenters. The monoisotopic (exact) mass is 370 g/mol. The van der Waals surface area contributed by atoms with E-state index in [9.17, 15) is 0 Å². The molecule has 4 nitrogen and oxygen atoms in total. The van der Waals surface area contributed by atoms with Crippen molar-refractivity contribution in [3.63, 3.8) is 0 Å². The van der Waals surface area contributed by atoms with Gasteiger partial charge in [0.1, 0.15) is 0 Å². The number of nitrogens with zero attached hydrogens (tertiary/aromatic N) is 3. The summed E-state index contributed by atoms with van der Waals surface area (Å²) in [5.41, 5.74) is 2.63. The maximum Gasteiger partial charge on any atom is 0.193 e. The second-order valence-corrected chi connectivity index (χ2v) is 8.13. The van der Waals surface area contributed by atoms with E-state index in [1.54, 1.807) is 11.3 Å². The van der Waals surface area contributed by atoms with Gasteiger partial charge in [0.05, 0.1) is 10.7 Å². The summed E-state index contributed by atoms with van der Waals surface area (Å²) in [6.45, 7) is 10.4. The van der Waals surface area contributed by atoms with Gasteiger partial charge in [0, 0.05) is 38.0 Å². The third-order valence-electron chi connectivity index (χ3n) is 5.06. The van der Waals surface area contributed by atoms with E-state index in [0.29, 0.717) is 11.8 Å². The van der Waals surface area contributed by atoms with Crippen LogP contribution in [-0.4, -0.2) is 42.0 Å². The molecule has 1 fully saturated rings. The zero-order valence-electron chi connectivity index (χ0n) is 16.1. The van der Waals surface area contributed by atoms with Crippen molar-refractivity contribution in [3.05, 3.63) is 52.0 Å². The summed E-state index contributed by atoms with van der Waals surface area (Å²) in [7, 11) is 0. The van der Waals surface area contributed by atoms with E-state index < -0.39 is 0 Å². The number of rotatable bonds is 5. The predicted octanol–water partition coefficient (Wildman–Crippen LogP) is 4.09. The normalized spacial score (nSPS) is 21.0. The molecule has 2 aromatic rings. The molecule has 1 aliphatic heterocycles. The van der Waals surface area contributed by atoms with Gasteiger partial charge in [-0.3, -0.25) is 4.99 Å². The number of piperidine rings is 1. The molecule has 26 heavy (non-hydrogen) atoms. The topological polar surface area (TPSA) is 40.5 Å². The van der Waals surface area contributed by atoms with Gasteiger partial charge in [0.25, 0.3) is 0 Å². The van der Waals surface area contributed by atoms with Crippen LogP contribution in [0.15, 0.2) is 40.7 Å². The maximum absolute atomic E-state index is 4.87. The average molecular weight is 371 g/mol. The van der Waals surface area contributed by atoms with Gasteiger partial charge < -0.3 is 10.2 Å². The quantitative estimate of drug-likeness (QED) is 0.637. The first-order valence-corrected chi connectivity index (χ1v) is 10.5. The van der Waals surface area contributed by atoms with Gasteiger partial charge in [-0.2, -0.15) is 0 Å². The molecule has 0 aliphatic carbocycles. The SMILES string of the molecule is CCNC(=NCCc1csc(C)n1)N1CCC(c2ccccc2)C(C)C1. The van der Waals surface area contributed by atoms with Crippen molar-refractivity contribution < 1.29 is 0 Å². The number of hydrogen-bond donors (Lipinski definition) is 1. The third-order valence-corrected chi connectivity index (χ3v) is 5.89. The van der Waals surface area contributed by atoms with Crippen LogP contribution in [0.25, 0.3) is 0 Å². The lowest BCUT2D eigenvalue weighted by Crippen LogP contribution is -2.48. The minimum Gasteiger partial charge on any atom is -0.357 e. The van der Waals surface area contributed by atoms with E-state index in [0.717, 1.165) is 49.3 Å². The summed E-state index contributed by atoms with van der Waals surface area (Å²) in [6, 6.07) is 10.9. The van der Waals surface area contributed by atoms with E-state index in [1.807, 2.05) is 0 Å². The van der Waals surface area contributed by atoms with Gasteiger partial charge in [0.2, 0.25) is 0 Å². The average Bonchev–Trinajstić information content (AvgIpc) is 3.07. The van der Waals surface area contributed by atoms with E-state index in [2.05, 4.69) is 71.7 Å². The van der Waals surface area contributed by atoms with Crippen LogP contribution in [0, 0.1) is 12.8 Å². The third kappa shape index (κ3) is 4.85. The number of likely N-dealkylation sites (tertiary alicyclic amines) is 1. The summed E-state index contributed by atoms with van der Waals surface area (Å²) in [4.78, 5) is 11.8. The van der Waals surface area contributed by atoms with Crippen LogP contribution in [-0.2, 0) is 6.42 Å². The second kappa shape index (κ2) is 9.17. The Morgan fingerprint density at radius 3 is 2.81 bits per heavy atom. The fourth-order valence-corrected chi connectivity index (χ4v) is 4.41. The molecule has 1 aromatic carbocycles. The highest BCUT2D eigenvalue weighted by Gasteiger charge is 2.28. The first-order valence-electron chi connectivity index (χ1n) is 9.66. The Bertz CT molecular complexity index is 710. The fourth-order valence-electron chi connectivity index (χ4n) is 3.76. The van der Waals surface area contributed by atoms with Crippen LogP contribution in [0.5, 0.6) is 0 Å². The summed E-state index contributed by atoms with van der Waals surface area (Å²) < 4.78 is 0. The minimum absolute atomic E-state index is 0.621. The molecule has 140 valence electrons. The van der Waals surface area contributed by atoms with Crippen molar-refractivity contribution in [2.45, 2.75) is 39.5 Å². The molecular formula is C21H30N4S. The Morgan fingerprint density at radius 2 is 2.15 bits per heavy atom. The van der Waals surface area contributed by atoms with Gasteiger partial charge in [-0.05, 0) is 37.7 Å². The molecule has 1 saturated heterocycles. The van der Waals surface area contributed by atoms with Crippen molar-refractivity contribution in [1.82, 2.24) is 15.2 Å². The highest BCUT2D eigenvalue weighted by Crippen LogP contribution is 2.32. The van der Waals surface area contributed by atoms with Crippen LogP contribution < -0.4 is 5.32 Å². The van der Waals surface area contributed by atoms with Gasteiger partial charge in [-0.25, -0.2) is 4.98 Å². The molecule has 2 atom stereocenters. The van der Waals surface area contributed by atoms with Gasteiger partial charge in [-0.15, -0.1) is 11.3 Å². The number of thiazole rings is 1. The van der Waals surface area contributed by atoms with E-state index in [-0.39, 0.29) is 0 Å². The lowest BCUT2D eigenvalue weighted by atomic mass is 9.82. The molecule has 1 aromatic heterocycles. The molecule has 5 heteroatoms. The Labute approximate surface area is 161 Å². The van der Waals surface area contributed by atoms with Crippen molar-refractivity contribution in [2.75, 3.05) is 26.2 Å². The molecule has 0 spiro atoms.